The van der Waals surface area contributed by atoms with Gasteiger partial charge in [-0.3, -0.25) is 0 Å². The molecule has 0 bridgehead atoms. The molecule has 2 rings (SSSR count). The first-order valence-corrected chi connectivity index (χ1v) is 6.63. The molecule has 5 nitrogen and oxygen atoms in total. The van der Waals surface area contributed by atoms with Gasteiger partial charge >= 0.3 is 0 Å². The van der Waals surface area contributed by atoms with Crippen LogP contribution < -0.4 is 10.5 Å². The van der Waals surface area contributed by atoms with Crippen LogP contribution in [0.25, 0.3) is 5.52 Å². The Bertz CT molecular complexity index is 603. The molecule has 0 fully saturated rings. The van der Waals surface area contributed by atoms with Gasteiger partial charge in [0.1, 0.15) is 5.69 Å². The quantitative estimate of drug-likeness (QED) is 0.787. The van der Waals surface area contributed by atoms with Gasteiger partial charge in [0.2, 0.25) is 0 Å². The van der Waals surface area contributed by atoms with Crippen LogP contribution in [-0.2, 0) is 0 Å². The molecule has 0 saturated carbocycles. The highest BCUT2D eigenvalue weighted by Gasteiger charge is 2.09. The molecule has 0 aliphatic heterocycles. The molecular weight excluding hydrogens is 252 g/mol. The summed E-state index contributed by atoms with van der Waals surface area (Å²) in [6, 6.07) is 5.75. The lowest BCUT2D eigenvalue weighted by atomic mass is 10.3. The molecule has 0 aliphatic carbocycles. The number of nitrogens with two attached hydrogens (primary N) is 1. The highest BCUT2D eigenvalue weighted by atomic mass is 16.5. The second-order valence-corrected chi connectivity index (χ2v) is 4.35. The first kappa shape index (κ1) is 14.0. The summed E-state index contributed by atoms with van der Waals surface area (Å²) >= 11 is 0. The Hall–Kier alpha value is -2.43. The van der Waals surface area contributed by atoms with Gasteiger partial charge in [-0.2, -0.15) is 0 Å². The fraction of sp³-hybridized carbons (Fsp3) is 0.267. The first-order chi connectivity index (χ1) is 9.76. The smallest absolute Gasteiger partial charge is 0.257 e. The normalized spacial score (nSPS) is 11.1. The Kier molecular flexibility index (Phi) is 4.65. The van der Waals surface area contributed by atoms with E-state index in [-0.39, 0.29) is 0 Å². The van der Waals surface area contributed by atoms with E-state index in [1.54, 1.807) is 10.7 Å². The van der Waals surface area contributed by atoms with Crippen LogP contribution in [0.5, 0.6) is 5.88 Å². The number of nitrogens with zero attached hydrogens (tertiary/aromatic N) is 3. The number of nitrogen functional groups attached to an aromatic ring is 1. The molecule has 0 aliphatic rings. The third kappa shape index (κ3) is 3.12. The minimum absolute atomic E-state index is 0.493. The summed E-state index contributed by atoms with van der Waals surface area (Å²) in [5, 5.41) is 4.31. The number of anilines is 1. The lowest BCUT2D eigenvalue weighted by molar-refractivity contribution is 0.285. The molecule has 0 spiro atoms. The van der Waals surface area contributed by atoms with Crippen molar-refractivity contribution in [2.45, 2.75) is 13.3 Å². The van der Waals surface area contributed by atoms with Crippen LogP contribution in [0.2, 0.25) is 0 Å². The Balaban J connectivity index is 1.90. The second-order valence-electron chi connectivity index (χ2n) is 4.35. The van der Waals surface area contributed by atoms with Crippen molar-refractivity contribution < 1.29 is 4.74 Å². The molecule has 0 atom stereocenters. The third-order valence-electron chi connectivity index (χ3n) is 2.92. The van der Waals surface area contributed by atoms with E-state index in [9.17, 15) is 0 Å². The lowest BCUT2D eigenvalue weighted by Crippen LogP contribution is -2.14. The fourth-order valence-corrected chi connectivity index (χ4v) is 1.94. The number of hydrogen-bond donors (Lipinski definition) is 1. The molecule has 0 saturated heterocycles. The minimum atomic E-state index is 0.493. The third-order valence-corrected chi connectivity index (χ3v) is 2.92. The average Bonchev–Trinajstić information content (AvgIpc) is 2.79. The van der Waals surface area contributed by atoms with Gasteiger partial charge in [0, 0.05) is 12.7 Å². The molecule has 2 N–H and O–H groups in total. The van der Waals surface area contributed by atoms with E-state index in [4.69, 9.17) is 10.5 Å². The zero-order valence-electron chi connectivity index (χ0n) is 11.7. The van der Waals surface area contributed by atoms with Crippen molar-refractivity contribution in [1.82, 2.24) is 14.5 Å². The molecule has 2 aromatic heterocycles. The Labute approximate surface area is 118 Å². The van der Waals surface area contributed by atoms with Crippen LogP contribution in [0.1, 0.15) is 13.3 Å². The van der Waals surface area contributed by atoms with Crippen molar-refractivity contribution in [3.63, 3.8) is 0 Å². The molecule has 5 heteroatoms. The van der Waals surface area contributed by atoms with E-state index in [0.29, 0.717) is 18.2 Å². The van der Waals surface area contributed by atoms with Crippen LogP contribution in [-0.4, -0.2) is 27.7 Å². The number of pyridine rings is 1. The SMILES string of the molecule is C=CN(/C=C\C)CCCOc1nn2ccccc2c1N. The van der Waals surface area contributed by atoms with E-state index in [0.717, 1.165) is 18.5 Å². The van der Waals surface area contributed by atoms with Crippen molar-refractivity contribution in [2.24, 2.45) is 0 Å². The van der Waals surface area contributed by atoms with Gasteiger partial charge in [0.25, 0.3) is 5.88 Å². The summed E-state index contributed by atoms with van der Waals surface area (Å²) in [5.41, 5.74) is 7.46. The Morgan fingerprint density at radius 3 is 3.05 bits per heavy atom. The fourth-order valence-electron chi connectivity index (χ4n) is 1.94. The molecule has 20 heavy (non-hydrogen) atoms. The molecule has 0 aromatic carbocycles. The monoisotopic (exact) mass is 272 g/mol. The summed E-state index contributed by atoms with van der Waals surface area (Å²) in [4.78, 5) is 2.01. The van der Waals surface area contributed by atoms with E-state index >= 15 is 0 Å². The van der Waals surface area contributed by atoms with Crippen molar-refractivity contribution in [3.8, 4) is 5.88 Å². The van der Waals surface area contributed by atoms with Crippen molar-refractivity contribution >= 4 is 11.2 Å². The van der Waals surface area contributed by atoms with Crippen LogP contribution >= 0.6 is 0 Å². The molecule has 0 radical (unpaired) electrons. The maximum absolute atomic E-state index is 6.01. The number of allylic oxidation sites excluding steroid dienone is 1. The van der Waals surface area contributed by atoms with E-state index in [1.165, 1.54) is 0 Å². The number of rotatable bonds is 7. The predicted molar refractivity (Wildman–Crippen MR) is 81.4 cm³/mol. The number of fused-ring (bicyclic) bond motifs is 1. The second kappa shape index (κ2) is 6.65. The predicted octanol–water partition coefficient (Wildman–Crippen LogP) is 2.66. The maximum Gasteiger partial charge on any atom is 0.257 e. The summed E-state index contributed by atoms with van der Waals surface area (Å²) in [6.07, 6.45) is 8.46. The van der Waals surface area contributed by atoms with Gasteiger partial charge in [-0.25, -0.2) is 4.52 Å². The Morgan fingerprint density at radius 2 is 2.35 bits per heavy atom. The maximum atomic E-state index is 6.01. The number of ether oxygens (including phenoxy) is 1. The minimum Gasteiger partial charge on any atom is -0.475 e. The van der Waals surface area contributed by atoms with E-state index in [2.05, 4.69) is 11.7 Å². The summed E-state index contributed by atoms with van der Waals surface area (Å²) in [7, 11) is 0. The first-order valence-electron chi connectivity index (χ1n) is 6.63. The molecule has 2 aromatic rings. The Morgan fingerprint density at radius 1 is 1.50 bits per heavy atom. The number of hydrogen-bond acceptors (Lipinski definition) is 4. The lowest BCUT2D eigenvalue weighted by Gasteiger charge is -2.14. The van der Waals surface area contributed by atoms with E-state index in [1.807, 2.05) is 48.5 Å². The van der Waals surface area contributed by atoms with Crippen LogP contribution in [0, 0.1) is 0 Å². The topological polar surface area (TPSA) is 55.8 Å². The van der Waals surface area contributed by atoms with Crippen LogP contribution in [0.3, 0.4) is 0 Å². The number of aromatic nitrogens is 2. The molecular formula is C15H20N4O. The van der Waals surface area contributed by atoms with Crippen LogP contribution in [0.4, 0.5) is 5.69 Å². The van der Waals surface area contributed by atoms with Gasteiger partial charge in [-0.05, 0) is 37.9 Å². The van der Waals surface area contributed by atoms with Crippen molar-refractivity contribution in [2.75, 3.05) is 18.9 Å². The van der Waals surface area contributed by atoms with Gasteiger partial charge < -0.3 is 15.4 Å². The highest BCUT2D eigenvalue weighted by molar-refractivity contribution is 5.74. The van der Waals surface area contributed by atoms with Gasteiger partial charge in [0.05, 0.1) is 12.1 Å². The highest BCUT2D eigenvalue weighted by Crippen LogP contribution is 2.24. The van der Waals surface area contributed by atoms with E-state index < -0.39 is 0 Å². The van der Waals surface area contributed by atoms with Gasteiger partial charge in [-0.15, -0.1) is 5.10 Å². The molecule has 106 valence electrons. The zero-order chi connectivity index (χ0) is 14.4. The van der Waals surface area contributed by atoms with Crippen LogP contribution in [0.15, 0.2) is 49.5 Å². The van der Waals surface area contributed by atoms with Gasteiger partial charge in [0.15, 0.2) is 0 Å². The summed E-state index contributed by atoms with van der Waals surface area (Å²) in [5.74, 6) is 0.493. The molecule has 0 unspecified atom stereocenters. The summed E-state index contributed by atoms with van der Waals surface area (Å²) in [6.45, 7) is 7.15. The average molecular weight is 272 g/mol. The largest absolute Gasteiger partial charge is 0.475 e. The van der Waals surface area contributed by atoms with Crippen molar-refractivity contribution in [3.05, 3.63) is 49.5 Å². The van der Waals surface area contributed by atoms with Gasteiger partial charge in [-0.1, -0.05) is 18.7 Å². The van der Waals surface area contributed by atoms with Crippen molar-refractivity contribution in [1.29, 1.82) is 0 Å². The zero-order valence-corrected chi connectivity index (χ0v) is 11.7. The standard InChI is InChI=1S/C15H20N4O/c1-3-9-18(4-2)10-7-12-20-15-14(16)13-8-5-6-11-19(13)17-15/h3-6,8-9,11H,2,7,10,12,16H2,1H3/b9-3-. The molecule has 0 amide bonds. The molecule has 2 heterocycles. The summed E-state index contributed by atoms with van der Waals surface area (Å²) < 4.78 is 7.38.